The number of amides is 1. The number of nitrogens with one attached hydrogen (secondary N) is 1. The van der Waals surface area contributed by atoms with Gasteiger partial charge in [-0.05, 0) is 102 Å². The van der Waals surface area contributed by atoms with Crippen molar-refractivity contribution in [3.63, 3.8) is 0 Å². The maximum Gasteiger partial charge on any atom is 0.472 e. The van der Waals surface area contributed by atoms with Gasteiger partial charge in [0.1, 0.15) is 19.3 Å². The van der Waals surface area contributed by atoms with Gasteiger partial charge in [0.05, 0.1) is 33.8 Å². The van der Waals surface area contributed by atoms with Crippen LogP contribution in [0.15, 0.2) is 85.1 Å². The first-order chi connectivity index (χ1) is 33.4. The molecule has 3 atom stereocenters. The highest BCUT2D eigenvalue weighted by atomic mass is 31.2. The predicted molar refractivity (Wildman–Crippen MR) is 295 cm³/mol. The lowest BCUT2D eigenvalue weighted by Crippen LogP contribution is -2.47. The predicted octanol–water partition coefficient (Wildman–Crippen LogP) is 16.7. The molecule has 0 aromatic heterocycles. The lowest BCUT2D eigenvalue weighted by Gasteiger charge is -2.27. The summed E-state index contributed by atoms with van der Waals surface area (Å²) in [6.07, 6.45) is 62.9. The molecule has 0 aliphatic rings. The second-order valence-electron chi connectivity index (χ2n) is 19.7. The van der Waals surface area contributed by atoms with Gasteiger partial charge < -0.3 is 19.4 Å². The van der Waals surface area contributed by atoms with Crippen molar-refractivity contribution >= 4 is 19.7 Å². The summed E-state index contributed by atoms with van der Waals surface area (Å²) in [4.78, 5) is 37.5. The van der Waals surface area contributed by atoms with E-state index in [2.05, 4.69) is 99.0 Å². The Morgan fingerprint density at radius 1 is 0.522 bits per heavy atom. The van der Waals surface area contributed by atoms with E-state index < -0.39 is 20.0 Å². The van der Waals surface area contributed by atoms with Crippen LogP contribution in [0.2, 0.25) is 0 Å². The van der Waals surface area contributed by atoms with Crippen LogP contribution in [0, 0.1) is 0 Å². The summed E-state index contributed by atoms with van der Waals surface area (Å²) >= 11 is 0. The molecule has 0 aromatic rings. The standard InChI is InChI=1S/C59H105N2O7P/c1-7-10-13-16-19-22-25-27-28-29-30-31-32-34-36-39-42-45-48-51-58(62)60-56(55-67-69(64,65)66-54-53-61(4,5)6)57(50-47-44-41-38-35-24-21-18-15-12-9-3)68-59(63)52-49-46-43-40-37-33-26-23-20-17-14-11-8-2/h10,13,19,22,27-28,30-31,33-34,36-37,47,50,56-57H,7-9,11-12,14-18,20-21,23-26,29,32,35,38-46,48-49,51-55H2,1-6H3,(H-,60,62,64,65)/p+1/b13-10-,22-19-,28-27-,31-30-,36-34-,37-33-,50-47-. The monoisotopic (exact) mass is 986 g/mol. The van der Waals surface area contributed by atoms with Crippen molar-refractivity contribution in [1.29, 1.82) is 0 Å². The maximum atomic E-state index is 13.5. The molecule has 9 nitrogen and oxygen atoms in total. The number of hydrogen-bond acceptors (Lipinski definition) is 6. The zero-order valence-corrected chi connectivity index (χ0v) is 46.2. The lowest BCUT2D eigenvalue weighted by molar-refractivity contribution is -0.870. The summed E-state index contributed by atoms with van der Waals surface area (Å²) in [5, 5.41) is 3.02. The molecule has 0 saturated heterocycles. The van der Waals surface area contributed by atoms with E-state index in [0.717, 1.165) is 96.3 Å². The van der Waals surface area contributed by atoms with Crippen LogP contribution < -0.4 is 5.32 Å². The molecule has 69 heavy (non-hydrogen) atoms. The minimum absolute atomic E-state index is 0.0277. The Labute approximate surface area is 425 Å². The third-order valence-corrected chi connectivity index (χ3v) is 12.8. The Bertz CT molecular complexity index is 1460. The van der Waals surface area contributed by atoms with Crippen LogP contribution in [0.5, 0.6) is 0 Å². The number of phosphoric ester groups is 1. The average Bonchev–Trinajstić information content (AvgIpc) is 3.31. The summed E-state index contributed by atoms with van der Waals surface area (Å²) in [6, 6.07) is -0.874. The second kappa shape index (κ2) is 48.8. The molecule has 0 aliphatic heterocycles. The number of rotatable bonds is 49. The Morgan fingerprint density at radius 2 is 0.928 bits per heavy atom. The smallest absolute Gasteiger partial charge is 0.456 e. The van der Waals surface area contributed by atoms with Gasteiger partial charge in [-0.2, -0.15) is 0 Å². The van der Waals surface area contributed by atoms with Crippen molar-refractivity contribution in [2.75, 3.05) is 40.9 Å². The molecule has 0 saturated carbocycles. The average molecular weight is 986 g/mol. The molecule has 0 radical (unpaired) electrons. The number of ether oxygens (including phenoxy) is 1. The number of unbranched alkanes of at least 4 members (excludes halogenated alkanes) is 21. The van der Waals surface area contributed by atoms with E-state index in [4.69, 9.17) is 13.8 Å². The van der Waals surface area contributed by atoms with Crippen LogP contribution in [0.3, 0.4) is 0 Å². The summed E-state index contributed by atoms with van der Waals surface area (Å²) in [7, 11) is 1.45. The van der Waals surface area contributed by atoms with Gasteiger partial charge in [0.2, 0.25) is 5.91 Å². The number of esters is 1. The molecule has 0 aliphatic carbocycles. The van der Waals surface area contributed by atoms with Crippen LogP contribution in [0.1, 0.15) is 226 Å². The third-order valence-electron chi connectivity index (χ3n) is 11.8. The van der Waals surface area contributed by atoms with Crippen molar-refractivity contribution < 1.29 is 37.3 Å². The number of hydrogen-bond donors (Lipinski definition) is 2. The number of quaternary nitrogens is 1. The highest BCUT2D eigenvalue weighted by Gasteiger charge is 2.30. The minimum Gasteiger partial charge on any atom is -0.456 e. The molecule has 0 aromatic carbocycles. The van der Waals surface area contributed by atoms with E-state index in [1.165, 1.54) is 83.5 Å². The van der Waals surface area contributed by atoms with Crippen LogP contribution in [0.25, 0.3) is 0 Å². The van der Waals surface area contributed by atoms with Gasteiger partial charge in [-0.3, -0.25) is 18.6 Å². The number of nitrogens with zero attached hydrogens (tertiary/aromatic N) is 1. The van der Waals surface area contributed by atoms with E-state index in [0.29, 0.717) is 23.9 Å². The molecule has 10 heteroatoms. The molecule has 0 bridgehead atoms. The van der Waals surface area contributed by atoms with Gasteiger partial charge in [0.25, 0.3) is 0 Å². The topological polar surface area (TPSA) is 111 Å². The number of carbonyl (C=O) groups is 2. The Balaban J connectivity index is 5.42. The number of allylic oxidation sites excluding steroid dienone is 13. The van der Waals surface area contributed by atoms with E-state index in [9.17, 15) is 19.0 Å². The van der Waals surface area contributed by atoms with Crippen molar-refractivity contribution in [2.45, 2.75) is 238 Å². The second-order valence-corrected chi connectivity index (χ2v) is 21.2. The van der Waals surface area contributed by atoms with Gasteiger partial charge in [0, 0.05) is 12.8 Å². The molecule has 1 amide bonds. The first-order valence-corrected chi connectivity index (χ1v) is 29.4. The molecule has 3 unspecified atom stereocenters. The van der Waals surface area contributed by atoms with Crippen molar-refractivity contribution in [2.24, 2.45) is 0 Å². The van der Waals surface area contributed by atoms with Gasteiger partial charge in [-0.25, -0.2) is 4.57 Å². The van der Waals surface area contributed by atoms with Crippen molar-refractivity contribution in [3.8, 4) is 0 Å². The first kappa shape index (κ1) is 66.2. The SMILES string of the molecule is CC/C=C\C/C=C\C/C=C\C/C=C\C/C=C\CCCCCC(=O)NC(COP(=O)(O)OCC[N+](C)(C)C)C(/C=C\CCCCCCCCCCC)OC(=O)CCCCC/C=C\CCCCCCCC. The largest absolute Gasteiger partial charge is 0.472 e. The quantitative estimate of drug-likeness (QED) is 0.0205. The number of carbonyl (C=O) groups excluding carboxylic acids is 2. The highest BCUT2D eigenvalue weighted by Crippen LogP contribution is 2.43. The molecule has 0 fully saturated rings. The summed E-state index contributed by atoms with van der Waals surface area (Å²) < 4.78 is 30.5. The van der Waals surface area contributed by atoms with Crippen molar-refractivity contribution in [1.82, 2.24) is 5.32 Å². The van der Waals surface area contributed by atoms with Gasteiger partial charge in [-0.1, -0.05) is 196 Å². The third kappa shape index (κ3) is 49.9. The van der Waals surface area contributed by atoms with Crippen molar-refractivity contribution in [3.05, 3.63) is 85.1 Å². The molecule has 0 heterocycles. The van der Waals surface area contributed by atoms with E-state index >= 15 is 0 Å². The summed E-state index contributed by atoms with van der Waals surface area (Å²) in [5.74, 6) is -0.567. The zero-order chi connectivity index (χ0) is 50.8. The normalized spacial score (nSPS) is 14.5. The minimum atomic E-state index is -4.46. The van der Waals surface area contributed by atoms with Crippen LogP contribution >= 0.6 is 7.82 Å². The number of likely N-dealkylation sites (N-methyl/N-ethyl adjacent to an activating group) is 1. The fourth-order valence-electron chi connectivity index (χ4n) is 7.49. The van der Waals surface area contributed by atoms with Crippen LogP contribution in [-0.4, -0.2) is 74.3 Å². The fourth-order valence-corrected chi connectivity index (χ4v) is 8.22. The summed E-state index contributed by atoms with van der Waals surface area (Å²) in [6.45, 7) is 6.83. The Kier molecular flexibility index (Phi) is 46.8. The van der Waals surface area contributed by atoms with E-state index in [1.54, 1.807) is 0 Å². The van der Waals surface area contributed by atoms with Crippen LogP contribution in [0.4, 0.5) is 0 Å². The molecular formula is C59H106N2O7P+. The Hall–Kier alpha value is -2.81. The first-order valence-electron chi connectivity index (χ1n) is 27.9. The molecule has 0 rings (SSSR count). The van der Waals surface area contributed by atoms with Crippen LogP contribution in [-0.2, 0) is 27.9 Å². The molecule has 0 spiro atoms. The highest BCUT2D eigenvalue weighted by molar-refractivity contribution is 7.47. The van der Waals surface area contributed by atoms with Gasteiger partial charge >= 0.3 is 13.8 Å². The van der Waals surface area contributed by atoms with E-state index in [1.807, 2.05) is 33.3 Å². The Morgan fingerprint density at radius 3 is 1.41 bits per heavy atom. The maximum absolute atomic E-state index is 13.5. The van der Waals surface area contributed by atoms with Gasteiger partial charge in [-0.15, -0.1) is 0 Å². The fraction of sp³-hybridized carbons (Fsp3) is 0.729. The molecule has 2 N–H and O–H groups in total. The lowest BCUT2D eigenvalue weighted by atomic mass is 10.1. The van der Waals surface area contributed by atoms with E-state index in [-0.39, 0.29) is 37.9 Å². The zero-order valence-electron chi connectivity index (χ0n) is 45.3. The molecular weight excluding hydrogens is 880 g/mol. The van der Waals surface area contributed by atoms with Gasteiger partial charge in [0.15, 0.2) is 0 Å². The summed E-state index contributed by atoms with van der Waals surface area (Å²) in [5.41, 5.74) is 0. The number of phosphoric acid groups is 1. The molecule has 398 valence electrons.